The Kier molecular flexibility index (Phi) is 4.85. The molecular formula is C17H29N3S. The molecule has 2 fully saturated rings. The normalized spacial score (nSPS) is 21.9. The van der Waals surface area contributed by atoms with Gasteiger partial charge in [0.25, 0.3) is 0 Å². The number of hydrogen-bond acceptors (Lipinski definition) is 4. The average molecular weight is 308 g/mol. The third-order valence-electron chi connectivity index (χ3n) is 5.45. The quantitative estimate of drug-likeness (QED) is 0.910. The molecule has 1 aromatic rings. The number of aromatic nitrogens is 1. The van der Waals surface area contributed by atoms with Crippen LogP contribution < -0.4 is 10.6 Å². The number of piperidine rings is 1. The predicted molar refractivity (Wildman–Crippen MR) is 91.0 cm³/mol. The van der Waals surface area contributed by atoms with Gasteiger partial charge in [-0.25, -0.2) is 4.98 Å². The summed E-state index contributed by atoms with van der Waals surface area (Å²) in [4.78, 5) is 8.71. The van der Waals surface area contributed by atoms with Crippen LogP contribution in [0.2, 0.25) is 0 Å². The van der Waals surface area contributed by atoms with Crippen LogP contribution in [0.3, 0.4) is 0 Å². The van der Waals surface area contributed by atoms with Gasteiger partial charge in [0.15, 0.2) is 5.13 Å². The van der Waals surface area contributed by atoms with E-state index in [0.717, 1.165) is 12.8 Å². The maximum Gasteiger partial charge on any atom is 0.185 e. The van der Waals surface area contributed by atoms with Gasteiger partial charge in [-0.2, -0.15) is 0 Å². The van der Waals surface area contributed by atoms with E-state index in [9.17, 15) is 0 Å². The number of anilines is 1. The van der Waals surface area contributed by atoms with E-state index >= 15 is 0 Å². The van der Waals surface area contributed by atoms with Crippen LogP contribution in [0.15, 0.2) is 0 Å². The molecule has 0 bridgehead atoms. The summed E-state index contributed by atoms with van der Waals surface area (Å²) in [5.74, 6) is 0. The molecule has 4 heteroatoms. The van der Waals surface area contributed by atoms with Crippen LogP contribution in [0.4, 0.5) is 5.13 Å². The van der Waals surface area contributed by atoms with E-state index in [0.29, 0.717) is 12.0 Å². The number of nitrogens with zero attached hydrogens (tertiary/aromatic N) is 2. The molecule has 0 atom stereocenters. The van der Waals surface area contributed by atoms with Crippen molar-refractivity contribution in [1.82, 2.24) is 4.98 Å². The molecule has 1 saturated carbocycles. The summed E-state index contributed by atoms with van der Waals surface area (Å²) in [6.07, 6.45) is 12.3. The summed E-state index contributed by atoms with van der Waals surface area (Å²) in [6.45, 7) is 5.25. The van der Waals surface area contributed by atoms with E-state index in [1.165, 1.54) is 73.7 Å². The van der Waals surface area contributed by atoms with Gasteiger partial charge in [0.2, 0.25) is 0 Å². The fourth-order valence-electron chi connectivity index (χ4n) is 4.07. The second-order valence-electron chi connectivity index (χ2n) is 6.87. The van der Waals surface area contributed by atoms with E-state index < -0.39 is 0 Å². The molecule has 2 N–H and O–H groups in total. The lowest BCUT2D eigenvalue weighted by atomic mass is 9.68. The molecule has 1 saturated heterocycles. The fourth-order valence-corrected chi connectivity index (χ4v) is 5.11. The molecule has 1 aromatic heterocycles. The first-order chi connectivity index (χ1) is 10.3. The maximum atomic E-state index is 5.89. The average Bonchev–Trinajstić information content (AvgIpc) is 2.92. The molecular weight excluding hydrogens is 278 g/mol. The first-order valence-corrected chi connectivity index (χ1v) is 9.51. The third kappa shape index (κ3) is 3.26. The number of hydrogen-bond donors (Lipinski definition) is 1. The van der Waals surface area contributed by atoms with Crippen LogP contribution in [0.25, 0.3) is 0 Å². The van der Waals surface area contributed by atoms with Gasteiger partial charge in [-0.1, -0.05) is 32.6 Å². The summed E-state index contributed by atoms with van der Waals surface area (Å²) in [5, 5.41) is 1.23. The van der Waals surface area contributed by atoms with Crippen molar-refractivity contribution in [2.75, 3.05) is 18.0 Å². The van der Waals surface area contributed by atoms with Crippen LogP contribution >= 0.6 is 11.3 Å². The maximum absolute atomic E-state index is 5.89. The first kappa shape index (κ1) is 15.3. The van der Waals surface area contributed by atoms with E-state index in [1.807, 2.05) is 11.3 Å². The second kappa shape index (κ2) is 6.66. The smallest absolute Gasteiger partial charge is 0.185 e. The lowest BCUT2D eigenvalue weighted by Gasteiger charge is -2.44. The Bertz CT molecular complexity index is 453. The van der Waals surface area contributed by atoms with E-state index in [-0.39, 0.29) is 0 Å². The molecule has 21 heavy (non-hydrogen) atoms. The van der Waals surface area contributed by atoms with Crippen LogP contribution in [-0.4, -0.2) is 18.1 Å². The largest absolute Gasteiger partial charge is 0.348 e. The zero-order valence-corrected chi connectivity index (χ0v) is 14.2. The summed E-state index contributed by atoms with van der Waals surface area (Å²) in [5.41, 5.74) is 7.81. The number of nitrogens with two attached hydrogens (primary N) is 1. The Hall–Kier alpha value is -0.610. The minimum Gasteiger partial charge on any atom is -0.348 e. The Balaban J connectivity index is 1.66. The lowest BCUT2D eigenvalue weighted by Crippen LogP contribution is -2.41. The summed E-state index contributed by atoms with van der Waals surface area (Å²) < 4.78 is 0. The van der Waals surface area contributed by atoms with Gasteiger partial charge >= 0.3 is 0 Å². The van der Waals surface area contributed by atoms with Gasteiger partial charge in [-0.15, -0.1) is 11.3 Å². The molecule has 3 nitrogen and oxygen atoms in total. The SMILES string of the molecule is CCCc1nc(N2CCC3(CCCCC3)CC2)sc1CN. The minimum absolute atomic E-state index is 0.644. The zero-order valence-electron chi connectivity index (χ0n) is 13.4. The monoisotopic (exact) mass is 307 g/mol. The van der Waals surface area contributed by atoms with Crippen molar-refractivity contribution in [3.63, 3.8) is 0 Å². The van der Waals surface area contributed by atoms with Crippen molar-refractivity contribution in [2.24, 2.45) is 11.1 Å². The van der Waals surface area contributed by atoms with Gasteiger partial charge in [0.1, 0.15) is 0 Å². The van der Waals surface area contributed by atoms with E-state index in [4.69, 9.17) is 10.7 Å². The lowest BCUT2D eigenvalue weighted by molar-refractivity contribution is 0.144. The molecule has 1 aliphatic heterocycles. The second-order valence-corrected chi connectivity index (χ2v) is 7.93. The summed E-state index contributed by atoms with van der Waals surface area (Å²) >= 11 is 1.83. The Morgan fingerprint density at radius 1 is 1.14 bits per heavy atom. The molecule has 2 aliphatic rings. The molecule has 0 radical (unpaired) electrons. The molecule has 0 amide bonds. The first-order valence-electron chi connectivity index (χ1n) is 8.70. The van der Waals surface area contributed by atoms with Crippen molar-refractivity contribution in [2.45, 2.75) is 71.3 Å². The summed E-state index contributed by atoms with van der Waals surface area (Å²) in [7, 11) is 0. The van der Waals surface area contributed by atoms with Crippen LogP contribution in [0.1, 0.15) is 68.9 Å². The Morgan fingerprint density at radius 2 is 1.86 bits per heavy atom. The number of rotatable bonds is 4. The third-order valence-corrected chi connectivity index (χ3v) is 6.63. The van der Waals surface area contributed by atoms with E-state index in [1.54, 1.807) is 0 Å². The van der Waals surface area contributed by atoms with Gasteiger partial charge in [0, 0.05) is 24.5 Å². The van der Waals surface area contributed by atoms with Crippen molar-refractivity contribution in [1.29, 1.82) is 0 Å². The fraction of sp³-hybridized carbons (Fsp3) is 0.824. The Labute approximate surface area is 132 Å². The molecule has 1 spiro atoms. The zero-order chi connectivity index (χ0) is 14.7. The van der Waals surface area contributed by atoms with Gasteiger partial charge in [-0.3, -0.25) is 0 Å². The number of thiazole rings is 1. The molecule has 0 unspecified atom stereocenters. The van der Waals surface area contributed by atoms with E-state index in [2.05, 4.69) is 11.8 Å². The number of aryl methyl sites for hydroxylation is 1. The van der Waals surface area contributed by atoms with Crippen molar-refractivity contribution in [3.05, 3.63) is 10.6 Å². The summed E-state index contributed by atoms with van der Waals surface area (Å²) in [6, 6.07) is 0. The van der Waals surface area contributed by atoms with Crippen molar-refractivity contribution < 1.29 is 0 Å². The van der Waals surface area contributed by atoms with Gasteiger partial charge in [-0.05, 0) is 37.5 Å². The molecule has 3 rings (SSSR count). The highest BCUT2D eigenvalue weighted by atomic mass is 32.1. The Morgan fingerprint density at radius 3 is 2.48 bits per heavy atom. The molecule has 2 heterocycles. The highest BCUT2D eigenvalue weighted by molar-refractivity contribution is 7.15. The van der Waals surface area contributed by atoms with Crippen LogP contribution in [-0.2, 0) is 13.0 Å². The molecule has 1 aliphatic carbocycles. The van der Waals surface area contributed by atoms with Crippen molar-refractivity contribution in [3.8, 4) is 0 Å². The minimum atomic E-state index is 0.644. The van der Waals surface area contributed by atoms with Gasteiger partial charge < -0.3 is 10.6 Å². The predicted octanol–water partition coefficient (Wildman–Crippen LogP) is 4.11. The molecule has 0 aromatic carbocycles. The highest BCUT2D eigenvalue weighted by Crippen LogP contribution is 2.45. The van der Waals surface area contributed by atoms with Gasteiger partial charge in [0.05, 0.1) is 5.69 Å². The van der Waals surface area contributed by atoms with Crippen LogP contribution in [0.5, 0.6) is 0 Å². The topological polar surface area (TPSA) is 42.2 Å². The van der Waals surface area contributed by atoms with Crippen LogP contribution in [0, 0.1) is 5.41 Å². The highest BCUT2D eigenvalue weighted by Gasteiger charge is 2.36. The molecule has 118 valence electrons. The van der Waals surface area contributed by atoms with Crippen molar-refractivity contribution >= 4 is 16.5 Å². The standard InChI is InChI=1S/C17H29N3S/c1-2-6-14-15(13-18)21-16(19-14)20-11-9-17(10-12-20)7-4-3-5-8-17/h2-13,18H2,1H3.